The summed E-state index contributed by atoms with van der Waals surface area (Å²) in [5, 5.41) is 9.08. The molecule has 0 fully saturated rings. The van der Waals surface area contributed by atoms with Crippen LogP contribution in [0.15, 0.2) is 12.1 Å². The molecule has 1 rings (SSSR count). The van der Waals surface area contributed by atoms with Gasteiger partial charge in [0.25, 0.3) is 0 Å². The normalized spacial score (nSPS) is 9.62. The Labute approximate surface area is 94.6 Å². The molecule has 16 heavy (non-hydrogen) atoms. The Kier molecular flexibility index (Phi) is 4.03. The van der Waals surface area contributed by atoms with Crippen LogP contribution in [0, 0.1) is 11.3 Å². The van der Waals surface area contributed by atoms with E-state index in [9.17, 15) is 4.79 Å². The van der Waals surface area contributed by atoms with Crippen LogP contribution in [0.1, 0.15) is 34.0 Å². The lowest BCUT2D eigenvalue weighted by molar-refractivity contribution is 0.0599. The quantitative estimate of drug-likeness (QED) is 0.777. The Morgan fingerprint density at radius 3 is 2.56 bits per heavy atom. The monoisotopic (exact) mass is 218 g/mol. The summed E-state index contributed by atoms with van der Waals surface area (Å²) in [6.07, 6.45) is 0.671. The Morgan fingerprint density at radius 1 is 1.50 bits per heavy atom. The number of hydrogen-bond acceptors (Lipinski definition) is 4. The summed E-state index contributed by atoms with van der Waals surface area (Å²) in [6, 6.07) is 5.62. The van der Waals surface area contributed by atoms with Gasteiger partial charge in [0, 0.05) is 6.54 Å². The molecule has 0 atom stereocenters. The Morgan fingerprint density at radius 2 is 2.12 bits per heavy atom. The van der Waals surface area contributed by atoms with Gasteiger partial charge >= 0.3 is 5.97 Å². The maximum absolute atomic E-state index is 11.6. The van der Waals surface area contributed by atoms with E-state index in [0.29, 0.717) is 23.1 Å². The number of hydrogen-bond donors (Lipinski definition) is 1. The Bertz CT molecular complexity index is 447. The summed E-state index contributed by atoms with van der Waals surface area (Å²) in [6.45, 7) is 2.15. The standard InChI is InChI=1S/C12H14N2O2/c1-3-8-4-5-9(6-13)10(7-14)11(8)12(15)16-2/h4-5H,3,6,13H2,1-2H3. The van der Waals surface area contributed by atoms with Crippen LogP contribution in [-0.4, -0.2) is 13.1 Å². The number of rotatable bonds is 3. The minimum Gasteiger partial charge on any atom is -0.465 e. The third kappa shape index (κ3) is 2.05. The average Bonchev–Trinajstić information content (AvgIpc) is 2.35. The van der Waals surface area contributed by atoms with E-state index < -0.39 is 5.97 Å². The van der Waals surface area contributed by atoms with Crippen molar-refractivity contribution in [3.8, 4) is 6.07 Å². The number of carbonyl (C=O) groups excluding carboxylic acids is 1. The highest BCUT2D eigenvalue weighted by Crippen LogP contribution is 2.20. The molecule has 0 amide bonds. The van der Waals surface area contributed by atoms with Gasteiger partial charge in [-0.1, -0.05) is 19.1 Å². The fourth-order valence-electron chi connectivity index (χ4n) is 1.62. The van der Waals surface area contributed by atoms with E-state index in [2.05, 4.69) is 4.74 Å². The minimum atomic E-state index is -0.483. The highest BCUT2D eigenvalue weighted by atomic mass is 16.5. The first kappa shape index (κ1) is 12.2. The van der Waals surface area contributed by atoms with Crippen molar-refractivity contribution in [2.24, 2.45) is 5.73 Å². The minimum absolute atomic E-state index is 0.233. The molecule has 0 unspecified atom stereocenters. The topological polar surface area (TPSA) is 76.1 Å². The Hall–Kier alpha value is -1.86. The highest BCUT2D eigenvalue weighted by molar-refractivity contribution is 5.94. The van der Waals surface area contributed by atoms with Crippen LogP contribution < -0.4 is 5.73 Å². The molecule has 0 saturated heterocycles. The van der Waals surface area contributed by atoms with E-state index in [-0.39, 0.29) is 6.54 Å². The lowest BCUT2D eigenvalue weighted by atomic mass is 9.95. The number of benzene rings is 1. The number of nitrogens with two attached hydrogens (primary N) is 1. The molecular formula is C12H14N2O2. The zero-order valence-corrected chi connectivity index (χ0v) is 9.41. The van der Waals surface area contributed by atoms with Gasteiger partial charge in [-0.3, -0.25) is 0 Å². The number of carbonyl (C=O) groups is 1. The van der Waals surface area contributed by atoms with Gasteiger partial charge in [-0.15, -0.1) is 0 Å². The van der Waals surface area contributed by atoms with E-state index >= 15 is 0 Å². The molecule has 0 radical (unpaired) electrons. The van der Waals surface area contributed by atoms with Crippen molar-refractivity contribution in [1.82, 2.24) is 0 Å². The summed E-state index contributed by atoms with van der Waals surface area (Å²) in [7, 11) is 1.30. The number of ether oxygens (including phenoxy) is 1. The molecular weight excluding hydrogens is 204 g/mol. The van der Waals surface area contributed by atoms with Crippen molar-refractivity contribution < 1.29 is 9.53 Å². The molecule has 4 nitrogen and oxygen atoms in total. The summed E-state index contributed by atoms with van der Waals surface area (Å²) < 4.78 is 4.69. The molecule has 0 saturated carbocycles. The van der Waals surface area contributed by atoms with Crippen LogP contribution in [0.2, 0.25) is 0 Å². The van der Waals surface area contributed by atoms with Crippen LogP contribution in [0.5, 0.6) is 0 Å². The van der Waals surface area contributed by atoms with Gasteiger partial charge in [-0.05, 0) is 17.5 Å². The van der Waals surface area contributed by atoms with Gasteiger partial charge in [0.2, 0.25) is 0 Å². The molecule has 2 N–H and O–H groups in total. The van der Waals surface area contributed by atoms with Crippen LogP contribution in [0.4, 0.5) is 0 Å². The third-order valence-corrected chi connectivity index (χ3v) is 2.48. The Balaban J connectivity index is 3.50. The van der Waals surface area contributed by atoms with Gasteiger partial charge in [-0.2, -0.15) is 5.26 Å². The average molecular weight is 218 g/mol. The van der Waals surface area contributed by atoms with Crippen LogP contribution in [0.3, 0.4) is 0 Å². The van der Waals surface area contributed by atoms with Crippen molar-refractivity contribution in [3.05, 3.63) is 34.4 Å². The molecule has 0 aliphatic heterocycles. The van der Waals surface area contributed by atoms with E-state index in [1.54, 1.807) is 6.07 Å². The molecule has 1 aromatic rings. The molecule has 0 heterocycles. The fraction of sp³-hybridized carbons (Fsp3) is 0.333. The van der Waals surface area contributed by atoms with Crippen LogP contribution >= 0.6 is 0 Å². The first-order valence-corrected chi connectivity index (χ1v) is 5.02. The van der Waals surface area contributed by atoms with Crippen molar-refractivity contribution >= 4 is 5.97 Å². The zero-order chi connectivity index (χ0) is 12.1. The highest BCUT2D eigenvalue weighted by Gasteiger charge is 2.18. The van der Waals surface area contributed by atoms with Crippen molar-refractivity contribution in [1.29, 1.82) is 5.26 Å². The van der Waals surface area contributed by atoms with Gasteiger partial charge in [-0.25, -0.2) is 4.79 Å². The third-order valence-electron chi connectivity index (χ3n) is 2.48. The van der Waals surface area contributed by atoms with Crippen molar-refractivity contribution in [3.63, 3.8) is 0 Å². The van der Waals surface area contributed by atoms with Crippen molar-refractivity contribution in [2.45, 2.75) is 19.9 Å². The van der Waals surface area contributed by atoms with E-state index in [1.807, 2.05) is 19.1 Å². The maximum Gasteiger partial charge on any atom is 0.339 e. The SMILES string of the molecule is CCc1ccc(CN)c(C#N)c1C(=O)OC. The first-order valence-electron chi connectivity index (χ1n) is 5.02. The second kappa shape index (κ2) is 5.29. The fourth-order valence-corrected chi connectivity index (χ4v) is 1.62. The van der Waals surface area contributed by atoms with Gasteiger partial charge < -0.3 is 10.5 Å². The summed E-state index contributed by atoms with van der Waals surface area (Å²) in [4.78, 5) is 11.6. The second-order valence-electron chi connectivity index (χ2n) is 3.29. The van der Waals surface area contributed by atoms with Gasteiger partial charge in [0.15, 0.2) is 0 Å². The van der Waals surface area contributed by atoms with E-state index in [1.165, 1.54) is 7.11 Å². The summed E-state index contributed by atoms with van der Waals surface area (Å²) in [5.74, 6) is -0.483. The predicted octanol–water partition coefficient (Wildman–Crippen LogP) is 1.37. The van der Waals surface area contributed by atoms with Crippen LogP contribution in [0.25, 0.3) is 0 Å². The smallest absolute Gasteiger partial charge is 0.339 e. The molecule has 0 bridgehead atoms. The predicted molar refractivity (Wildman–Crippen MR) is 59.8 cm³/mol. The molecule has 0 aromatic heterocycles. The lowest BCUT2D eigenvalue weighted by Gasteiger charge is -2.10. The largest absolute Gasteiger partial charge is 0.465 e. The van der Waals surface area contributed by atoms with Crippen molar-refractivity contribution in [2.75, 3.05) is 7.11 Å². The molecule has 84 valence electrons. The second-order valence-corrected chi connectivity index (χ2v) is 3.29. The van der Waals surface area contributed by atoms with E-state index in [4.69, 9.17) is 11.0 Å². The number of nitriles is 1. The maximum atomic E-state index is 11.6. The first-order chi connectivity index (χ1) is 7.69. The molecule has 0 spiro atoms. The molecule has 4 heteroatoms. The number of methoxy groups -OCH3 is 1. The van der Waals surface area contributed by atoms with Crippen LogP contribution in [-0.2, 0) is 17.7 Å². The van der Waals surface area contributed by atoms with Gasteiger partial charge in [0.1, 0.15) is 6.07 Å². The molecule has 1 aromatic carbocycles. The number of aryl methyl sites for hydroxylation is 1. The number of nitrogens with zero attached hydrogens (tertiary/aromatic N) is 1. The lowest BCUT2D eigenvalue weighted by Crippen LogP contribution is -2.12. The summed E-state index contributed by atoms with van der Waals surface area (Å²) >= 11 is 0. The summed E-state index contributed by atoms with van der Waals surface area (Å²) in [5.41, 5.74) is 7.67. The molecule has 0 aliphatic carbocycles. The molecule has 0 aliphatic rings. The zero-order valence-electron chi connectivity index (χ0n) is 9.41. The van der Waals surface area contributed by atoms with Gasteiger partial charge in [0.05, 0.1) is 18.2 Å². The van der Waals surface area contributed by atoms with E-state index in [0.717, 1.165) is 5.56 Å². The number of esters is 1.